The number of hydrogen-bond donors (Lipinski definition) is 2. The van der Waals surface area contributed by atoms with Crippen molar-refractivity contribution in [2.45, 2.75) is 13.5 Å². The number of rotatable bonds is 3. The number of nitrogens with zero attached hydrogens (tertiary/aromatic N) is 1. The van der Waals surface area contributed by atoms with Gasteiger partial charge >= 0.3 is 6.03 Å². The van der Waals surface area contributed by atoms with Crippen molar-refractivity contribution in [2.75, 3.05) is 0 Å². The number of aromatic nitrogens is 1. The van der Waals surface area contributed by atoms with Gasteiger partial charge in [-0.05, 0) is 13.0 Å². The van der Waals surface area contributed by atoms with Gasteiger partial charge in [-0.1, -0.05) is 6.07 Å². The number of primary amides is 1. The molecule has 0 saturated carbocycles. The van der Waals surface area contributed by atoms with E-state index in [0.29, 0.717) is 0 Å². The fraction of sp³-hybridized carbons (Fsp3) is 0.250. The lowest BCUT2D eigenvalue weighted by atomic mass is 10.2. The van der Waals surface area contributed by atoms with E-state index in [0.717, 1.165) is 11.3 Å². The fourth-order valence-corrected chi connectivity index (χ4v) is 0.855. The van der Waals surface area contributed by atoms with E-state index in [-0.39, 0.29) is 6.61 Å². The molecule has 13 heavy (non-hydrogen) atoms. The van der Waals surface area contributed by atoms with E-state index in [1.54, 1.807) is 12.3 Å². The average molecular weight is 181 g/mol. The minimum Gasteiger partial charge on any atom is -0.350 e. The maximum atomic E-state index is 10.2. The Kier molecular flexibility index (Phi) is 3.22. The number of nitrogens with one attached hydrogen (secondary N) is 1. The molecule has 1 rings (SSSR count). The first-order valence-corrected chi connectivity index (χ1v) is 3.78. The number of hydrogen-bond acceptors (Lipinski definition) is 3. The van der Waals surface area contributed by atoms with Crippen LogP contribution in [0.2, 0.25) is 0 Å². The van der Waals surface area contributed by atoms with Crippen LogP contribution >= 0.6 is 0 Å². The first-order chi connectivity index (χ1) is 6.20. The van der Waals surface area contributed by atoms with Gasteiger partial charge in [0.15, 0.2) is 0 Å². The predicted octanol–water partition coefficient (Wildman–Crippen LogP) is 0.490. The highest BCUT2D eigenvalue weighted by atomic mass is 16.7. The molecular weight excluding hydrogens is 170 g/mol. The SMILES string of the molecule is Cc1ncccc1CONC(N)=O. The van der Waals surface area contributed by atoms with Gasteiger partial charge in [0, 0.05) is 17.5 Å². The summed E-state index contributed by atoms with van der Waals surface area (Å²) in [6, 6.07) is 2.96. The third-order valence-electron chi connectivity index (χ3n) is 1.52. The van der Waals surface area contributed by atoms with Crippen LogP contribution in [0.1, 0.15) is 11.3 Å². The minimum absolute atomic E-state index is 0.266. The monoisotopic (exact) mass is 181 g/mol. The molecule has 3 N–H and O–H groups in total. The van der Waals surface area contributed by atoms with Crippen molar-refractivity contribution >= 4 is 6.03 Å². The van der Waals surface area contributed by atoms with Gasteiger partial charge in [0.05, 0.1) is 0 Å². The van der Waals surface area contributed by atoms with Crippen molar-refractivity contribution in [1.82, 2.24) is 10.5 Å². The Bertz CT molecular complexity index is 301. The standard InChI is InChI=1S/C8H11N3O2/c1-6-7(3-2-4-10-6)5-13-11-8(9)12/h2-4H,5H2,1H3,(H3,9,11,12). The zero-order chi connectivity index (χ0) is 9.68. The van der Waals surface area contributed by atoms with Gasteiger partial charge in [-0.15, -0.1) is 0 Å². The Morgan fingerprint density at radius 1 is 1.77 bits per heavy atom. The van der Waals surface area contributed by atoms with Crippen LogP contribution < -0.4 is 11.2 Å². The molecule has 2 amide bonds. The number of carbonyl (C=O) groups excluding carboxylic acids is 1. The molecule has 5 nitrogen and oxygen atoms in total. The summed E-state index contributed by atoms with van der Waals surface area (Å²) >= 11 is 0. The van der Waals surface area contributed by atoms with Crippen molar-refractivity contribution in [3.05, 3.63) is 29.6 Å². The Morgan fingerprint density at radius 2 is 2.54 bits per heavy atom. The summed E-state index contributed by atoms with van der Waals surface area (Å²) in [7, 11) is 0. The van der Waals surface area contributed by atoms with E-state index in [1.165, 1.54) is 0 Å². The van der Waals surface area contributed by atoms with E-state index in [4.69, 9.17) is 10.6 Å². The molecule has 0 spiro atoms. The van der Waals surface area contributed by atoms with Gasteiger partial charge in [-0.3, -0.25) is 9.82 Å². The number of carbonyl (C=O) groups is 1. The summed E-state index contributed by atoms with van der Waals surface area (Å²) in [6.45, 7) is 2.13. The Labute approximate surface area is 75.9 Å². The number of aryl methyl sites for hydroxylation is 1. The molecule has 1 aromatic rings. The number of hydroxylamine groups is 1. The maximum absolute atomic E-state index is 10.2. The average Bonchev–Trinajstić information content (AvgIpc) is 2.08. The van der Waals surface area contributed by atoms with Gasteiger partial charge in [0.1, 0.15) is 6.61 Å². The smallest absolute Gasteiger partial charge is 0.336 e. The van der Waals surface area contributed by atoms with Crippen LogP contribution in [0, 0.1) is 6.92 Å². The van der Waals surface area contributed by atoms with E-state index in [9.17, 15) is 4.79 Å². The van der Waals surface area contributed by atoms with Gasteiger partial charge < -0.3 is 5.73 Å². The fourth-order valence-electron chi connectivity index (χ4n) is 0.855. The molecule has 0 aliphatic heterocycles. The Hall–Kier alpha value is -1.62. The maximum Gasteiger partial charge on any atom is 0.336 e. The number of amides is 2. The quantitative estimate of drug-likeness (QED) is 0.666. The third kappa shape index (κ3) is 3.08. The summed E-state index contributed by atoms with van der Waals surface area (Å²) in [5, 5.41) is 0. The van der Waals surface area contributed by atoms with Crippen molar-refractivity contribution in [3.63, 3.8) is 0 Å². The van der Waals surface area contributed by atoms with Crippen LogP contribution in [-0.4, -0.2) is 11.0 Å². The summed E-state index contributed by atoms with van der Waals surface area (Å²) in [4.78, 5) is 19.1. The van der Waals surface area contributed by atoms with Gasteiger partial charge in [-0.2, -0.15) is 0 Å². The molecule has 70 valence electrons. The zero-order valence-electron chi connectivity index (χ0n) is 7.28. The first kappa shape index (κ1) is 9.47. The van der Waals surface area contributed by atoms with Crippen molar-refractivity contribution < 1.29 is 9.63 Å². The molecule has 1 aromatic heterocycles. The second-order valence-electron chi connectivity index (χ2n) is 2.50. The second-order valence-corrected chi connectivity index (χ2v) is 2.50. The number of pyridine rings is 1. The highest BCUT2D eigenvalue weighted by Crippen LogP contribution is 2.03. The van der Waals surface area contributed by atoms with Crippen LogP contribution in [0.25, 0.3) is 0 Å². The van der Waals surface area contributed by atoms with Gasteiger partial charge in [0.2, 0.25) is 0 Å². The summed E-state index contributed by atoms with van der Waals surface area (Å²) in [5.74, 6) is 0. The third-order valence-corrected chi connectivity index (χ3v) is 1.52. The molecule has 0 bridgehead atoms. The highest BCUT2D eigenvalue weighted by Gasteiger charge is 1.98. The lowest BCUT2D eigenvalue weighted by Crippen LogP contribution is -2.29. The van der Waals surface area contributed by atoms with E-state index >= 15 is 0 Å². The summed E-state index contributed by atoms with van der Waals surface area (Å²) in [5.41, 5.74) is 8.62. The molecule has 0 aliphatic carbocycles. The Balaban J connectivity index is 2.45. The topological polar surface area (TPSA) is 77.2 Å². The molecule has 1 heterocycles. The van der Waals surface area contributed by atoms with Crippen LogP contribution in [0.3, 0.4) is 0 Å². The minimum atomic E-state index is -0.707. The largest absolute Gasteiger partial charge is 0.350 e. The molecular formula is C8H11N3O2. The molecule has 0 unspecified atom stereocenters. The lowest BCUT2D eigenvalue weighted by Gasteiger charge is -2.04. The summed E-state index contributed by atoms with van der Waals surface area (Å²) < 4.78 is 0. The van der Waals surface area contributed by atoms with Crippen molar-refractivity contribution in [2.24, 2.45) is 5.73 Å². The highest BCUT2D eigenvalue weighted by molar-refractivity contribution is 5.70. The van der Waals surface area contributed by atoms with Crippen LogP contribution in [0.5, 0.6) is 0 Å². The second kappa shape index (κ2) is 4.42. The molecule has 0 aliphatic rings. The molecule has 0 aromatic carbocycles. The normalized spacial score (nSPS) is 9.62. The molecule has 0 radical (unpaired) electrons. The van der Waals surface area contributed by atoms with Crippen LogP contribution in [0.4, 0.5) is 4.79 Å². The van der Waals surface area contributed by atoms with E-state index in [2.05, 4.69) is 4.98 Å². The van der Waals surface area contributed by atoms with Crippen molar-refractivity contribution in [1.29, 1.82) is 0 Å². The van der Waals surface area contributed by atoms with Gasteiger partial charge in [0.25, 0.3) is 0 Å². The summed E-state index contributed by atoms with van der Waals surface area (Å²) in [6.07, 6.45) is 1.69. The number of nitrogens with two attached hydrogens (primary N) is 1. The first-order valence-electron chi connectivity index (χ1n) is 3.78. The molecule has 0 atom stereocenters. The van der Waals surface area contributed by atoms with E-state index in [1.807, 2.05) is 18.5 Å². The number of urea groups is 1. The van der Waals surface area contributed by atoms with Crippen molar-refractivity contribution in [3.8, 4) is 0 Å². The zero-order valence-corrected chi connectivity index (χ0v) is 7.28. The molecule has 0 saturated heterocycles. The van der Waals surface area contributed by atoms with Gasteiger partial charge in [-0.25, -0.2) is 10.3 Å². The molecule has 5 heteroatoms. The lowest BCUT2D eigenvalue weighted by molar-refractivity contribution is 0.0516. The predicted molar refractivity (Wildman–Crippen MR) is 46.5 cm³/mol. The molecule has 0 fully saturated rings. The van der Waals surface area contributed by atoms with Crippen LogP contribution in [0.15, 0.2) is 18.3 Å². The van der Waals surface area contributed by atoms with E-state index < -0.39 is 6.03 Å². The van der Waals surface area contributed by atoms with Crippen LogP contribution in [-0.2, 0) is 11.4 Å². The Morgan fingerprint density at radius 3 is 3.15 bits per heavy atom.